The lowest BCUT2D eigenvalue weighted by atomic mass is 10.0. The Morgan fingerprint density at radius 3 is 1.00 bits per heavy atom. The average Bonchev–Trinajstić information content (AvgIpc) is 2.54. The highest BCUT2D eigenvalue weighted by atomic mass is 32.1. The van der Waals surface area contributed by atoms with Gasteiger partial charge < -0.3 is 0 Å². The fourth-order valence-corrected chi connectivity index (χ4v) is 3.30. The van der Waals surface area contributed by atoms with Gasteiger partial charge in [-0.3, -0.25) is 0 Å². The summed E-state index contributed by atoms with van der Waals surface area (Å²) in [5, 5.41) is 1.88. The van der Waals surface area contributed by atoms with Crippen molar-refractivity contribution in [3.8, 4) is 0 Å². The third kappa shape index (κ3) is 20.1. The maximum Gasteiger partial charge on any atom is -0.0210 e. The van der Waals surface area contributed by atoms with Crippen LogP contribution in [0.3, 0.4) is 0 Å². The van der Waals surface area contributed by atoms with Crippen molar-refractivity contribution in [2.45, 2.75) is 129 Å². The standard InChI is InChI=1S/C21H42S/c1-2-3-4-5-6-7-8-9-10-11-12-13-14-15-16-17-18-19-20-21-22/h21H,2-20H2,1H3. The van der Waals surface area contributed by atoms with Crippen molar-refractivity contribution >= 4 is 17.6 Å². The Morgan fingerprint density at radius 1 is 0.455 bits per heavy atom. The van der Waals surface area contributed by atoms with E-state index in [2.05, 4.69) is 6.92 Å². The average molecular weight is 327 g/mol. The zero-order valence-corrected chi connectivity index (χ0v) is 16.2. The second-order valence-corrected chi connectivity index (χ2v) is 7.30. The van der Waals surface area contributed by atoms with Crippen LogP contribution in [0.1, 0.15) is 129 Å². The van der Waals surface area contributed by atoms with Gasteiger partial charge in [-0.05, 0) is 18.2 Å². The summed E-state index contributed by atoms with van der Waals surface area (Å²) >= 11 is 4.84. The van der Waals surface area contributed by atoms with Gasteiger partial charge in [-0.1, -0.05) is 128 Å². The van der Waals surface area contributed by atoms with E-state index in [9.17, 15) is 0 Å². The summed E-state index contributed by atoms with van der Waals surface area (Å²) in [6.45, 7) is 2.29. The van der Waals surface area contributed by atoms with E-state index in [0.29, 0.717) is 0 Å². The normalized spacial score (nSPS) is 11.0. The molecule has 0 atom stereocenters. The molecule has 0 amide bonds. The van der Waals surface area contributed by atoms with Crippen LogP contribution in [0, 0.1) is 0 Å². The Hall–Kier alpha value is 0.0900. The molecule has 0 aliphatic heterocycles. The molecule has 0 saturated carbocycles. The number of thiocarbonyl (C=S) groups is 1. The first kappa shape index (κ1) is 22.1. The van der Waals surface area contributed by atoms with Gasteiger partial charge in [0.1, 0.15) is 0 Å². The molecular formula is C21H42S. The largest absolute Gasteiger partial charge is 0.0935 e. The predicted octanol–water partition coefficient (Wildman–Crippen LogP) is 8.42. The van der Waals surface area contributed by atoms with Crippen molar-refractivity contribution in [1.29, 1.82) is 0 Å². The van der Waals surface area contributed by atoms with Gasteiger partial charge in [0.2, 0.25) is 0 Å². The van der Waals surface area contributed by atoms with Crippen LogP contribution in [-0.2, 0) is 0 Å². The van der Waals surface area contributed by atoms with Gasteiger partial charge in [-0.15, -0.1) is 0 Å². The van der Waals surface area contributed by atoms with Gasteiger partial charge in [-0.2, -0.15) is 0 Å². The Balaban J connectivity index is 2.92. The summed E-state index contributed by atoms with van der Waals surface area (Å²) in [7, 11) is 0. The van der Waals surface area contributed by atoms with E-state index < -0.39 is 0 Å². The highest BCUT2D eigenvalue weighted by Crippen LogP contribution is 2.14. The first-order chi connectivity index (χ1) is 10.9. The van der Waals surface area contributed by atoms with E-state index in [1.54, 1.807) is 0 Å². The van der Waals surface area contributed by atoms with Crippen LogP contribution in [0.25, 0.3) is 0 Å². The summed E-state index contributed by atoms with van der Waals surface area (Å²) < 4.78 is 0. The minimum absolute atomic E-state index is 1.13. The molecule has 0 aliphatic rings. The zero-order chi connectivity index (χ0) is 16.1. The van der Waals surface area contributed by atoms with Crippen molar-refractivity contribution in [3.63, 3.8) is 0 Å². The van der Waals surface area contributed by atoms with E-state index >= 15 is 0 Å². The van der Waals surface area contributed by atoms with Crippen LogP contribution in [0.15, 0.2) is 0 Å². The van der Waals surface area contributed by atoms with Crippen molar-refractivity contribution < 1.29 is 0 Å². The van der Waals surface area contributed by atoms with Gasteiger partial charge in [0.25, 0.3) is 0 Å². The Morgan fingerprint density at radius 2 is 0.727 bits per heavy atom. The second kappa shape index (κ2) is 21.1. The summed E-state index contributed by atoms with van der Waals surface area (Å²) in [5.41, 5.74) is 0. The summed E-state index contributed by atoms with van der Waals surface area (Å²) in [6, 6.07) is 0. The molecule has 0 unspecified atom stereocenters. The first-order valence-electron chi connectivity index (χ1n) is 10.4. The molecule has 1 heteroatoms. The van der Waals surface area contributed by atoms with Crippen molar-refractivity contribution in [1.82, 2.24) is 0 Å². The molecule has 0 fully saturated rings. The minimum Gasteiger partial charge on any atom is -0.0935 e. The monoisotopic (exact) mass is 326 g/mol. The van der Waals surface area contributed by atoms with E-state index in [1.807, 2.05) is 5.37 Å². The molecule has 132 valence electrons. The number of unbranched alkanes of at least 4 members (excludes halogenated alkanes) is 18. The molecule has 0 aromatic heterocycles. The summed E-state index contributed by atoms with van der Waals surface area (Å²) in [6.07, 6.45) is 27.1. The molecule has 0 aliphatic carbocycles. The van der Waals surface area contributed by atoms with E-state index in [-0.39, 0.29) is 0 Å². The number of hydrogen-bond donors (Lipinski definition) is 0. The maximum absolute atomic E-state index is 4.84. The lowest BCUT2D eigenvalue weighted by Gasteiger charge is -2.03. The third-order valence-corrected chi connectivity index (χ3v) is 4.91. The third-order valence-electron chi connectivity index (χ3n) is 4.68. The van der Waals surface area contributed by atoms with Crippen LogP contribution in [-0.4, -0.2) is 5.37 Å². The summed E-state index contributed by atoms with van der Waals surface area (Å²) in [4.78, 5) is 0. The fraction of sp³-hybridized carbons (Fsp3) is 0.952. The molecule has 0 heterocycles. The van der Waals surface area contributed by atoms with E-state index in [1.165, 1.54) is 116 Å². The molecule has 22 heavy (non-hydrogen) atoms. The van der Waals surface area contributed by atoms with Gasteiger partial charge >= 0.3 is 0 Å². The second-order valence-electron chi connectivity index (χ2n) is 6.97. The SMILES string of the molecule is CCCCCCCCCCCCCCCCCCCCC=S. The van der Waals surface area contributed by atoms with Gasteiger partial charge in [-0.25, -0.2) is 0 Å². The zero-order valence-electron chi connectivity index (χ0n) is 15.4. The topological polar surface area (TPSA) is 0 Å². The quantitative estimate of drug-likeness (QED) is 0.169. The molecule has 0 saturated heterocycles. The van der Waals surface area contributed by atoms with E-state index in [0.717, 1.165) is 6.42 Å². The molecule has 0 aromatic rings. The molecule has 0 spiro atoms. The molecule has 0 aromatic carbocycles. The summed E-state index contributed by atoms with van der Waals surface area (Å²) in [5.74, 6) is 0. The maximum atomic E-state index is 4.84. The number of hydrogen-bond acceptors (Lipinski definition) is 1. The Labute approximate surface area is 146 Å². The predicted molar refractivity (Wildman–Crippen MR) is 107 cm³/mol. The smallest absolute Gasteiger partial charge is 0.0210 e. The first-order valence-corrected chi connectivity index (χ1v) is 10.8. The molecule has 0 nitrogen and oxygen atoms in total. The Kier molecular flexibility index (Phi) is 21.2. The van der Waals surface area contributed by atoms with Gasteiger partial charge in [0.05, 0.1) is 0 Å². The molecular weight excluding hydrogens is 284 g/mol. The highest BCUT2D eigenvalue weighted by molar-refractivity contribution is 7.78. The van der Waals surface area contributed by atoms with Crippen LogP contribution < -0.4 is 0 Å². The molecule has 0 radical (unpaired) electrons. The fourth-order valence-electron chi connectivity index (χ4n) is 3.13. The Bertz CT molecular complexity index is 200. The lowest BCUT2D eigenvalue weighted by Crippen LogP contribution is -1.84. The minimum atomic E-state index is 1.13. The van der Waals surface area contributed by atoms with Crippen LogP contribution in [0.2, 0.25) is 0 Å². The number of rotatable bonds is 19. The molecule has 0 rings (SSSR count). The van der Waals surface area contributed by atoms with Crippen molar-refractivity contribution in [3.05, 3.63) is 0 Å². The van der Waals surface area contributed by atoms with E-state index in [4.69, 9.17) is 12.2 Å². The molecule has 0 N–H and O–H groups in total. The van der Waals surface area contributed by atoms with Crippen LogP contribution in [0.4, 0.5) is 0 Å². The van der Waals surface area contributed by atoms with Crippen LogP contribution >= 0.6 is 12.2 Å². The van der Waals surface area contributed by atoms with Gasteiger partial charge in [0, 0.05) is 0 Å². The molecule has 0 bridgehead atoms. The highest BCUT2D eigenvalue weighted by Gasteiger charge is 1.94. The lowest BCUT2D eigenvalue weighted by molar-refractivity contribution is 0.526. The van der Waals surface area contributed by atoms with Gasteiger partial charge in [0.15, 0.2) is 0 Å². The van der Waals surface area contributed by atoms with Crippen molar-refractivity contribution in [2.75, 3.05) is 0 Å². The van der Waals surface area contributed by atoms with Crippen LogP contribution in [0.5, 0.6) is 0 Å². The van der Waals surface area contributed by atoms with Crippen molar-refractivity contribution in [2.24, 2.45) is 0 Å².